The Bertz CT molecular complexity index is 1040. The summed E-state index contributed by atoms with van der Waals surface area (Å²) >= 11 is 3.35. The third-order valence-corrected chi connectivity index (χ3v) is 5.32. The first-order valence-corrected chi connectivity index (χ1v) is 10.6. The minimum absolute atomic E-state index is 0.0666. The lowest BCUT2D eigenvalue weighted by atomic mass is 10.2. The number of nitrogens with two attached hydrogens (primary N) is 1. The maximum absolute atomic E-state index is 10.5. The molecule has 0 saturated heterocycles. The number of nitrogens with one attached hydrogen (secondary N) is 1. The van der Waals surface area contributed by atoms with Crippen LogP contribution >= 0.6 is 15.9 Å². The van der Waals surface area contributed by atoms with Crippen molar-refractivity contribution >= 4 is 38.2 Å². The molecule has 0 aliphatic carbocycles. The third-order valence-electron chi connectivity index (χ3n) is 3.64. The standard InChI is InChI=1S/C11H15BrN4O4.C7H8O3S/c1-18-7-4-6(5-15-16(17)11(13)14)8(12)10(20-3)9(7)19-2;1-6-2-4-7(5-3-6)11(8,9)10/h4-5,17H,1-3H3,(H3,13,14);2-5H,1H3,(H,8,9,10)/b15-5+;. The molecule has 5 N–H and O–H groups in total. The fourth-order valence-electron chi connectivity index (χ4n) is 2.12. The number of hydrogen-bond donors (Lipinski definition) is 4. The highest BCUT2D eigenvalue weighted by Gasteiger charge is 2.18. The van der Waals surface area contributed by atoms with Crippen molar-refractivity contribution in [2.45, 2.75) is 11.8 Å². The fourth-order valence-corrected chi connectivity index (χ4v) is 3.16. The molecule has 0 heterocycles. The second-order valence-corrected chi connectivity index (χ2v) is 7.97. The predicted molar refractivity (Wildman–Crippen MR) is 118 cm³/mol. The van der Waals surface area contributed by atoms with Gasteiger partial charge in [0.2, 0.25) is 11.7 Å². The summed E-state index contributed by atoms with van der Waals surface area (Å²) in [5, 5.41) is 20.0. The Morgan fingerprint density at radius 3 is 2.13 bits per heavy atom. The zero-order valence-corrected chi connectivity index (χ0v) is 19.6. The van der Waals surface area contributed by atoms with Gasteiger partial charge in [-0.1, -0.05) is 17.7 Å². The van der Waals surface area contributed by atoms with Crippen molar-refractivity contribution in [2.75, 3.05) is 21.3 Å². The predicted octanol–water partition coefficient (Wildman–Crippen LogP) is 2.64. The monoisotopic (exact) mass is 518 g/mol. The van der Waals surface area contributed by atoms with Crippen LogP contribution in [0.4, 0.5) is 0 Å². The topological polar surface area (TPSA) is 168 Å². The second kappa shape index (κ2) is 11.5. The summed E-state index contributed by atoms with van der Waals surface area (Å²) < 4.78 is 45.8. The minimum atomic E-state index is -4.02. The van der Waals surface area contributed by atoms with E-state index in [9.17, 15) is 13.6 Å². The molecule has 0 aromatic heterocycles. The molecule has 11 nitrogen and oxygen atoms in total. The number of rotatable bonds is 6. The average Bonchev–Trinajstić information content (AvgIpc) is 2.72. The van der Waals surface area contributed by atoms with Crippen LogP contribution in [0.25, 0.3) is 0 Å². The number of guanidine groups is 1. The van der Waals surface area contributed by atoms with Gasteiger partial charge in [0.1, 0.15) is 0 Å². The Morgan fingerprint density at radius 2 is 1.71 bits per heavy atom. The molecular weight excluding hydrogens is 496 g/mol. The van der Waals surface area contributed by atoms with Crippen LogP contribution in [0.1, 0.15) is 11.1 Å². The van der Waals surface area contributed by atoms with Crippen molar-refractivity contribution in [2.24, 2.45) is 10.8 Å². The fraction of sp³-hybridized carbons (Fsp3) is 0.222. The molecule has 0 atom stereocenters. The van der Waals surface area contributed by atoms with Crippen molar-refractivity contribution < 1.29 is 32.4 Å². The zero-order valence-electron chi connectivity index (χ0n) is 17.2. The molecule has 0 aliphatic heterocycles. The van der Waals surface area contributed by atoms with E-state index in [1.54, 1.807) is 18.2 Å². The maximum atomic E-state index is 10.5. The van der Waals surface area contributed by atoms with E-state index >= 15 is 0 Å². The summed E-state index contributed by atoms with van der Waals surface area (Å²) in [6.45, 7) is 1.84. The van der Waals surface area contributed by atoms with Crippen LogP contribution in [0.3, 0.4) is 0 Å². The van der Waals surface area contributed by atoms with Crippen LogP contribution in [0.15, 0.2) is 44.8 Å². The first-order chi connectivity index (χ1) is 14.5. The zero-order chi connectivity index (χ0) is 23.8. The lowest BCUT2D eigenvalue weighted by Gasteiger charge is -2.15. The van der Waals surface area contributed by atoms with E-state index in [1.165, 1.54) is 39.7 Å². The summed E-state index contributed by atoms with van der Waals surface area (Å²) in [5.74, 6) is 0.665. The van der Waals surface area contributed by atoms with Gasteiger partial charge in [-0.25, -0.2) is 0 Å². The molecule has 0 saturated carbocycles. The number of ether oxygens (including phenoxy) is 3. The van der Waals surface area contributed by atoms with E-state index in [-0.39, 0.29) is 10.1 Å². The summed E-state index contributed by atoms with van der Waals surface area (Å²) in [4.78, 5) is -0.0666. The van der Waals surface area contributed by atoms with Gasteiger partial charge in [0.15, 0.2) is 11.5 Å². The van der Waals surface area contributed by atoms with Gasteiger partial charge in [-0.3, -0.25) is 15.2 Å². The normalized spacial score (nSPS) is 10.8. The second-order valence-electron chi connectivity index (χ2n) is 5.76. The summed E-state index contributed by atoms with van der Waals surface area (Å²) in [6.07, 6.45) is 1.29. The minimum Gasteiger partial charge on any atom is -0.493 e. The summed E-state index contributed by atoms with van der Waals surface area (Å²) in [5.41, 5.74) is 6.56. The van der Waals surface area contributed by atoms with E-state index in [2.05, 4.69) is 21.0 Å². The lowest BCUT2D eigenvalue weighted by molar-refractivity contribution is -0.0139. The number of nitrogens with zero attached hydrogens (tertiary/aromatic N) is 2. The highest BCUT2D eigenvalue weighted by molar-refractivity contribution is 9.10. The lowest BCUT2D eigenvalue weighted by Crippen LogP contribution is -2.28. The van der Waals surface area contributed by atoms with Gasteiger partial charge in [0.25, 0.3) is 10.1 Å². The Labute approximate surface area is 188 Å². The molecule has 0 bridgehead atoms. The van der Waals surface area contributed by atoms with Crippen LogP contribution in [0.5, 0.6) is 17.2 Å². The quantitative estimate of drug-likeness (QED) is 0.194. The summed E-state index contributed by atoms with van der Waals surface area (Å²) in [6, 6.07) is 7.62. The number of benzene rings is 2. The molecule has 0 spiro atoms. The molecule has 2 aromatic rings. The number of hydrazone groups is 1. The van der Waals surface area contributed by atoms with Crippen LogP contribution < -0.4 is 19.9 Å². The van der Waals surface area contributed by atoms with Crippen molar-refractivity contribution in [3.63, 3.8) is 0 Å². The Morgan fingerprint density at radius 1 is 1.16 bits per heavy atom. The molecule has 2 rings (SSSR count). The molecule has 2 aromatic carbocycles. The van der Waals surface area contributed by atoms with E-state index in [1.807, 2.05) is 6.92 Å². The van der Waals surface area contributed by atoms with Gasteiger partial charge >= 0.3 is 0 Å². The molecule has 0 unspecified atom stereocenters. The highest BCUT2D eigenvalue weighted by Crippen LogP contribution is 2.44. The van der Waals surface area contributed by atoms with Crippen LogP contribution in [0, 0.1) is 12.3 Å². The summed E-state index contributed by atoms with van der Waals surface area (Å²) in [7, 11) is 0.441. The number of halogens is 1. The van der Waals surface area contributed by atoms with Gasteiger partial charge in [-0.15, -0.1) is 5.17 Å². The number of hydrogen-bond acceptors (Lipinski definition) is 8. The van der Waals surface area contributed by atoms with Crippen molar-refractivity contribution in [1.29, 1.82) is 5.41 Å². The van der Waals surface area contributed by atoms with Crippen molar-refractivity contribution in [1.82, 2.24) is 5.17 Å². The van der Waals surface area contributed by atoms with Gasteiger partial charge in [0, 0.05) is 5.56 Å². The number of aryl methyl sites for hydroxylation is 1. The Kier molecular flexibility index (Phi) is 9.71. The molecule has 31 heavy (non-hydrogen) atoms. The first kappa shape index (κ1) is 26.2. The van der Waals surface area contributed by atoms with Crippen molar-refractivity contribution in [3.8, 4) is 17.2 Å². The molecule has 0 aliphatic rings. The van der Waals surface area contributed by atoms with E-state index < -0.39 is 16.1 Å². The number of hydroxylamine groups is 1. The van der Waals surface area contributed by atoms with E-state index in [0.717, 1.165) is 5.56 Å². The van der Waals surface area contributed by atoms with Gasteiger partial charge in [-0.2, -0.15) is 13.5 Å². The highest BCUT2D eigenvalue weighted by atomic mass is 79.9. The van der Waals surface area contributed by atoms with Crippen LogP contribution in [0.2, 0.25) is 0 Å². The Balaban J connectivity index is 0.000000367. The molecule has 0 fully saturated rings. The molecule has 0 radical (unpaired) electrons. The average molecular weight is 519 g/mol. The SMILES string of the molecule is COc1cc(/C=N/N(O)C(=N)N)c(Br)c(OC)c1OC.Cc1ccc(S(=O)(=O)O)cc1. The maximum Gasteiger partial charge on any atom is 0.294 e. The molecule has 170 valence electrons. The third kappa shape index (κ3) is 7.40. The van der Waals surface area contributed by atoms with Crippen LogP contribution in [-0.4, -0.2) is 56.9 Å². The largest absolute Gasteiger partial charge is 0.493 e. The van der Waals surface area contributed by atoms with Gasteiger partial charge in [-0.05, 0) is 41.1 Å². The van der Waals surface area contributed by atoms with Crippen molar-refractivity contribution in [3.05, 3.63) is 45.9 Å². The van der Waals surface area contributed by atoms with E-state index in [4.69, 9.17) is 29.9 Å². The van der Waals surface area contributed by atoms with E-state index in [0.29, 0.717) is 27.3 Å². The number of methoxy groups -OCH3 is 3. The van der Waals surface area contributed by atoms with Gasteiger partial charge < -0.3 is 19.9 Å². The molecule has 0 amide bonds. The molecular formula is C18H23BrN4O7S. The van der Waals surface area contributed by atoms with Gasteiger partial charge in [0.05, 0.1) is 36.9 Å². The molecule has 13 heteroatoms. The Hall–Kier alpha value is -2.87. The van der Waals surface area contributed by atoms with Crippen LogP contribution in [-0.2, 0) is 10.1 Å². The smallest absolute Gasteiger partial charge is 0.294 e. The first-order valence-electron chi connectivity index (χ1n) is 8.35.